The van der Waals surface area contributed by atoms with Crippen molar-refractivity contribution in [3.63, 3.8) is 0 Å². The first-order valence-electron chi connectivity index (χ1n) is 9.28. The highest BCUT2D eigenvalue weighted by atomic mass is 16.3. The van der Waals surface area contributed by atoms with Crippen LogP contribution >= 0.6 is 0 Å². The summed E-state index contributed by atoms with van der Waals surface area (Å²) < 4.78 is 0. The van der Waals surface area contributed by atoms with Crippen LogP contribution in [0, 0.1) is 23.7 Å². The summed E-state index contributed by atoms with van der Waals surface area (Å²) in [6.45, 7) is 11.7. The van der Waals surface area contributed by atoms with Gasteiger partial charge in [0, 0.05) is 0 Å². The van der Waals surface area contributed by atoms with Gasteiger partial charge in [0.2, 0.25) is 0 Å². The maximum Gasteiger partial charge on any atom is 0.102 e. The Kier molecular flexibility index (Phi) is 12.4. The lowest BCUT2D eigenvalue weighted by Crippen LogP contribution is -2.19. The lowest BCUT2D eigenvalue weighted by Gasteiger charge is -2.20. The van der Waals surface area contributed by atoms with Crippen LogP contribution < -0.4 is 5.73 Å². The largest absolute Gasteiger partial charge is 0.379 e. The Hall–Kier alpha value is -0.0800. The van der Waals surface area contributed by atoms with Crippen LogP contribution in [0.1, 0.15) is 92.4 Å². The fraction of sp³-hybridized carbons (Fsp3) is 1.00. The summed E-state index contributed by atoms with van der Waals surface area (Å²) >= 11 is 0. The molecule has 128 valence electrons. The molecule has 3 N–H and O–H groups in total. The molecule has 2 heteroatoms. The number of aliphatic hydroxyl groups excluding tert-OH is 1. The maximum absolute atomic E-state index is 9.14. The standard InChI is InChI=1S/C19H41NO/c1-6-18(12-9-16(4)8-7-15(2)3)13-10-17(5)11-14-19(20)21/h15-19,21H,6-14,20H2,1-5H3/t16?,17-,18?,19?/m0/s1. The number of hydrogen-bond donors (Lipinski definition) is 2. The van der Waals surface area contributed by atoms with Gasteiger partial charge < -0.3 is 10.8 Å². The summed E-state index contributed by atoms with van der Waals surface area (Å²) in [5.74, 6) is 3.30. The van der Waals surface area contributed by atoms with Crippen molar-refractivity contribution in [2.45, 2.75) is 98.6 Å². The fourth-order valence-corrected chi connectivity index (χ4v) is 2.95. The van der Waals surface area contributed by atoms with Crippen LogP contribution in [0.25, 0.3) is 0 Å². The van der Waals surface area contributed by atoms with Crippen molar-refractivity contribution in [3.8, 4) is 0 Å². The second-order valence-electron chi connectivity index (χ2n) is 7.76. The zero-order valence-electron chi connectivity index (χ0n) is 15.3. The quantitative estimate of drug-likeness (QED) is 0.451. The average molecular weight is 300 g/mol. The van der Waals surface area contributed by atoms with Crippen molar-refractivity contribution < 1.29 is 5.11 Å². The summed E-state index contributed by atoms with van der Waals surface area (Å²) in [7, 11) is 0. The first kappa shape index (κ1) is 20.9. The molecule has 0 aliphatic carbocycles. The van der Waals surface area contributed by atoms with Crippen molar-refractivity contribution in [1.82, 2.24) is 0 Å². The van der Waals surface area contributed by atoms with E-state index in [1.54, 1.807) is 0 Å². The van der Waals surface area contributed by atoms with Crippen molar-refractivity contribution >= 4 is 0 Å². The van der Waals surface area contributed by atoms with Crippen LogP contribution in [-0.2, 0) is 0 Å². The third-order valence-corrected chi connectivity index (χ3v) is 4.90. The van der Waals surface area contributed by atoms with Gasteiger partial charge >= 0.3 is 0 Å². The molecule has 0 bridgehead atoms. The van der Waals surface area contributed by atoms with Gasteiger partial charge in [-0.25, -0.2) is 0 Å². The topological polar surface area (TPSA) is 46.2 Å². The van der Waals surface area contributed by atoms with Crippen LogP contribution in [0.15, 0.2) is 0 Å². The Balaban J connectivity index is 3.79. The molecule has 0 aromatic heterocycles. The molecule has 0 aliphatic heterocycles. The van der Waals surface area contributed by atoms with E-state index >= 15 is 0 Å². The van der Waals surface area contributed by atoms with Gasteiger partial charge in [-0.1, -0.05) is 79.6 Å². The summed E-state index contributed by atoms with van der Waals surface area (Å²) in [5.41, 5.74) is 5.41. The predicted octanol–water partition coefficient (Wildman–Crippen LogP) is 5.34. The van der Waals surface area contributed by atoms with Crippen molar-refractivity contribution in [1.29, 1.82) is 0 Å². The third-order valence-electron chi connectivity index (χ3n) is 4.90. The van der Waals surface area contributed by atoms with Gasteiger partial charge in [-0.2, -0.15) is 0 Å². The van der Waals surface area contributed by atoms with E-state index in [1.165, 1.54) is 44.9 Å². The van der Waals surface area contributed by atoms with Crippen LogP contribution in [-0.4, -0.2) is 11.3 Å². The van der Waals surface area contributed by atoms with Crippen LogP contribution in [0.3, 0.4) is 0 Å². The molecule has 0 fully saturated rings. The van der Waals surface area contributed by atoms with E-state index in [1.807, 2.05) is 0 Å². The molecule has 3 unspecified atom stereocenters. The molecule has 0 spiro atoms. The first-order chi connectivity index (χ1) is 9.85. The van der Waals surface area contributed by atoms with Gasteiger partial charge in [-0.15, -0.1) is 0 Å². The zero-order valence-corrected chi connectivity index (χ0v) is 15.3. The highest BCUT2D eigenvalue weighted by Crippen LogP contribution is 2.26. The Morgan fingerprint density at radius 3 is 1.52 bits per heavy atom. The molecule has 0 heterocycles. The van der Waals surface area contributed by atoms with Crippen LogP contribution in [0.5, 0.6) is 0 Å². The van der Waals surface area contributed by atoms with Gasteiger partial charge in [0.25, 0.3) is 0 Å². The van der Waals surface area contributed by atoms with Crippen LogP contribution in [0.2, 0.25) is 0 Å². The Bertz CT molecular complexity index is 206. The molecule has 21 heavy (non-hydrogen) atoms. The normalized spacial score (nSPS) is 17.7. The maximum atomic E-state index is 9.14. The van der Waals surface area contributed by atoms with E-state index < -0.39 is 6.23 Å². The predicted molar refractivity (Wildman–Crippen MR) is 94.1 cm³/mol. The summed E-state index contributed by atoms with van der Waals surface area (Å²) in [5, 5.41) is 9.14. The highest BCUT2D eigenvalue weighted by molar-refractivity contribution is 4.65. The molecule has 0 saturated heterocycles. The molecule has 0 aliphatic rings. The molecule has 0 rings (SSSR count). The minimum atomic E-state index is -0.628. The minimum absolute atomic E-state index is 0.628. The van der Waals surface area contributed by atoms with Gasteiger partial charge in [0.05, 0.1) is 0 Å². The average Bonchev–Trinajstić information content (AvgIpc) is 2.42. The molecular weight excluding hydrogens is 258 g/mol. The Labute approximate surface area is 133 Å². The Morgan fingerprint density at radius 2 is 1.14 bits per heavy atom. The van der Waals surface area contributed by atoms with E-state index in [0.717, 1.165) is 30.6 Å². The molecule has 0 aromatic rings. The monoisotopic (exact) mass is 299 g/mol. The van der Waals surface area contributed by atoms with E-state index in [0.29, 0.717) is 5.92 Å². The van der Waals surface area contributed by atoms with Crippen LogP contribution in [0.4, 0.5) is 0 Å². The molecule has 0 amide bonds. The van der Waals surface area contributed by atoms with Crippen molar-refractivity contribution in [2.75, 3.05) is 0 Å². The lowest BCUT2D eigenvalue weighted by atomic mass is 9.86. The SMILES string of the molecule is CCC(CCC(C)CCC(C)C)CC[C@H](C)CCC(N)O. The lowest BCUT2D eigenvalue weighted by molar-refractivity contribution is 0.160. The van der Waals surface area contributed by atoms with E-state index in [9.17, 15) is 0 Å². The van der Waals surface area contributed by atoms with Gasteiger partial charge in [0.15, 0.2) is 0 Å². The summed E-state index contributed by atoms with van der Waals surface area (Å²) in [6, 6.07) is 0. The highest BCUT2D eigenvalue weighted by Gasteiger charge is 2.12. The number of aliphatic hydroxyl groups is 1. The second kappa shape index (κ2) is 12.5. The number of hydrogen-bond acceptors (Lipinski definition) is 2. The Morgan fingerprint density at radius 1 is 0.714 bits per heavy atom. The van der Waals surface area contributed by atoms with Crippen molar-refractivity contribution in [3.05, 3.63) is 0 Å². The molecule has 0 saturated carbocycles. The van der Waals surface area contributed by atoms with Gasteiger partial charge in [0.1, 0.15) is 6.23 Å². The van der Waals surface area contributed by atoms with E-state index in [4.69, 9.17) is 10.8 Å². The fourth-order valence-electron chi connectivity index (χ4n) is 2.95. The zero-order chi connectivity index (χ0) is 16.3. The van der Waals surface area contributed by atoms with E-state index in [-0.39, 0.29) is 0 Å². The second-order valence-corrected chi connectivity index (χ2v) is 7.76. The molecule has 0 aromatic carbocycles. The smallest absolute Gasteiger partial charge is 0.102 e. The molecule has 2 nitrogen and oxygen atoms in total. The number of rotatable bonds is 13. The summed E-state index contributed by atoms with van der Waals surface area (Å²) in [6.07, 6.45) is 10.6. The van der Waals surface area contributed by atoms with Gasteiger partial charge in [-0.3, -0.25) is 0 Å². The minimum Gasteiger partial charge on any atom is -0.379 e. The van der Waals surface area contributed by atoms with Crippen molar-refractivity contribution in [2.24, 2.45) is 29.4 Å². The molecular formula is C19H41NO. The van der Waals surface area contributed by atoms with Gasteiger partial charge in [-0.05, 0) is 36.5 Å². The molecule has 4 atom stereocenters. The number of nitrogens with two attached hydrogens (primary N) is 1. The third kappa shape index (κ3) is 13.3. The van der Waals surface area contributed by atoms with E-state index in [2.05, 4.69) is 34.6 Å². The first-order valence-corrected chi connectivity index (χ1v) is 9.28. The molecule has 0 radical (unpaired) electrons. The summed E-state index contributed by atoms with van der Waals surface area (Å²) in [4.78, 5) is 0.